The third-order valence-electron chi connectivity index (χ3n) is 4.08. The average molecular weight is 414 g/mol. The van der Waals surface area contributed by atoms with Crippen molar-refractivity contribution in [3.8, 4) is 0 Å². The second-order valence-electron chi connectivity index (χ2n) is 5.88. The van der Waals surface area contributed by atoms with Crippen molar-refractivity contribution in [1.82, 2.24) is 5.32 Å². The molecule has 0 saturated heterocycles. The normalized spacial score (nSPS) is 12.0. The fraction of sp³-hybridized carbons (Fsp3) is 0.190. The number of halogens is 1. The van der Waals surface area contributed by atoms with E-state index in [0.29, 0.717) is 13.0 Å². The van der Waals surface area contributed by atoms with Gasteiger partial charge in [-0.15, -0.1) is 11.3 Å². The molecule has 0 aliphatic carbocycles. The van der Waals surface area contributed by atoms with Gasteiger partial charge in [0.1, 0.15) is 0 Å². The van der Waals surface area contributed by atoms with Crippen LogP contribution in [0.4, 0.5) is 0 Å². The molecule has 0 saturated carbocycles. The lowest BCUT2D eigenvalue weighted by Crippen LogP contribution is -2.25. The van der Waals surface area contributed by atoms with Crippen molar-refractivity contribution in [2.75, 3.05) is 6.54 Å². The Bertz CT molecular complexity index is 801. The molecule has 1 atom stereocenters. The van der Waals surface area contributed by atoms with Crippen LogP contribution in [0.1, 0.15) is 33.3 Å². The zero-order valence-corrected chi connectivity index (χ0v) is 16.2. The van der Waals surface area contributed by atoms with Crippen LogP contribution in [0, 0.1) is 0 Å². The summed E-state index contributed by atoms with van der Waals surface area (Å²) < 4.78 is 0.995. The van der Waals surface area contributed by atoms with Crippen molar-refractivity contribution in [2.45, 2.75) is 18.9 Å². The Morgan fingerprint density at radius 2 is 1.64 bits per heavy atom. The number of hydrogen-bond acceptors (Lipinski definition) is 3. The van der Waals surface area contributed by atoms with E-state index in [1.165, 1.54) is 22.5 Å². The van der Waals surface area contributed by atoms with Crippen LogP contribution in [0.15, 0.2) is 76.6 Å². The topological polar surface area (TPSA) is 29.1 Å². The summed E-state index contributed by atoms with van der Waals surface area (Å²) in [5, 5.41) is 3.56. The second-order valence-corrected chi connectivity index (χ2v) is 8.35. The summed E-state index contributed by atoms with van der Waals surface area (Å²) in [6.07, 6.45) is 1.41. The van der Waals surface area contributed by atoms with Gasteiger partial charge < -0.3 is 5.32 Å². The maximum absolute atomic E-state index is 12.3. The van der Waals surface area contributed by atoms with Gasteiger partial charge in [-0.3, -0.25) is 4.79 Å². The maximum Gasteiger partial charge on any atom is 0.174 e. The summed E-state index contributed by atoms with van der Waals surface area (Å²) in [6.45, 7) is 0.667. The monoisotopic (exact) mass is 413 g/mol. The molecule has 0 radical (unpaired) electrons. The van der Waals surface area contributed by atoms with Crippen LogP contribution < -0.4 is 5.32 Å². The fourth-order valence-electron chi connectivity index (χ4n) is 2.79. The number of nitrogens with one attached hydrogen (secondary N) is 1. The number of thiophene rings is 1. The van der Waals surface area contributed by atoms with Crippen molar-refractivity contribution in [3.63, 3.8) is 0 Å². The van der Waals surface area contributed by atoms with Gasteiger partial charge in [-0.05, 0) is 45.6 Å². The molecule has 2 aromatic carbocycles. The summed E-state index contributed by atoms with van der Waals surface area (Å²) in [6, 6.07) is 24.9. The van der Waals surface area contributed by atoms with Crippen LogP contribution in [0.5, 0.6) is 0 Å². The third kappa shape index (κ3) is 5.36. The number of rotatable bonds is 8. The fourth-order valence-corrected chi connectivity index (χ4v) is 4.14. The summed E-state index contributed by atoms with van der Waals surface area (Å²) >= 11 is 4.90. The number of carbonyl (C=O) groups excluding carboxylic acids is 1. The summed E-state index contributed by atoms with van der Waals surface area (Å²) in [5.41, 5.74) is 2.54. The van der Waals surface area contributed by atoms with Crippen LogP contribution in [0.2, 0.25) is 0 Å². The summed E-state index contributed by atoms with van der Waals surface area (Å²) in [4.78, 5) is 13.1. The zero-order chi connectivity index (χ0) is 17.5. The largest absolute Gasteiger partial charge is 0.309 e. The van der Waals surface area contributed by atoms with Crippen LogP contribution in [0.3, 0.4) is 0 Å². The molecule has 0 amide bonds. The van der Waals surface area contributed by atoms with E-state index in [1.54, 1.807) is 0 Å². The Labute approximate surface area is 161 Å². The van der Waals surface area contributed by atoms with Crippen molar-refractivity contribution in [2.24, 2.45) is 0 Å². The first-order valence-corrected chi connectivity index (χ1v) is 9.94. The third-order valence-corrected chi connectivity index (χ3v) is 5.74. The van der Waals surface area contributed by atoms with E-state index in [0.717, 1.165) is 15.1 Å². The molecular weight excluding hydrogens is 394 g/mol. The molecule has 0 aliphatic heterocycles. The lowest BCUT2D eigenvalue weighted by atomic mass is 9.98. The van der Waals surface area contributed by atoms with Gasteiger partial charge in [-0.25, -0.2) is 0 Å². The molecule has 3 aromatic rings. The number of carbonyl (C=O) groups is 1. The van der Waals surface area contributed by atoms with E-state index in [4.69, 9.17) is 0 Å². The van der Waals surface area contributed by atoms with Crippen molar-refractivity contribution >= 4 is 33.0 Å². The minimum Gasteiger partial charge on any atom is -0.309 e. The first-order chi connectivity index (χ1) is 12.2. The second kappa shape index (κ2) is 9.09. The van der Waals surface area contributed by atoms with E-state index >= 15 is 0 Å². The molecule has 128 valence electrons. The Hall–Kier alpha value is -1.75. The zero-order valence-electron chi connectivity index (χ0n) is 13.8. The van der Waals surface area contributed by atoms with Gasteiger partial charge in [0.25, 0.3) is 0 Å². The smallest absolute Gasteiger partial charge is 0.174 e. The van der Waals surface area contributed by atoms with E-state index in [9.17, 15) is 4.79 Å². The SMILES string of the molecule is O=C(CCNC(Cc1ccccc1)c1ccccc1)c1ccc(Br)s1. The number of Topliss-reactive ketones (excluding diaryl/α,β-unsaturated/α-hetero) is 1. The molecule has 0 aliphatic rings. The molecule has 1 N–H and O–H groups in total. The highest BCUT2D eigenvalue weighted by Crippen LogP contribution is 2.23. The number of ketones is 1. The lowest BCUT2D eigenvalue weighted by molar-refractivity contribution is 0.0985. The van der Waals surface area contributed by atoms with Gasteiger partial charge in [0.2, 0.25) is 0 Å². The standard InChI is InChI=1S/C21H20BrNOS/c22-21-12-11-20(25-21)19(24)13-14-23-18(17-9-5-2-6-10-17)15-16-7-3-1-4-8-16/h1-12,18,23H,13-15H2. The van der Waals surface area contributed by atoms with Crippen molar-refractivity contribution in [1.29, 1.82) is 0 Å². The highest BCUT2D eigenvalue weighted by Gasteiger charge is 2.13. The van der Waals surface area contributed by atoms with Crippen molar-refractivity contribution < 1.29 is 4.79 Å². The van der Waals surface area contributed by atoms with Gasteiger partial charge >= 0.3 is 0 Å². The molecule has 1 unspecified atom stereocenters. The van der Waals surface area contributed by atoms with Crippen LogP contribution in [-0.2, 0) is 6.42 Å². The maximum atomic E-state index is 12.3. The first kappa shape index (κ1) is 18.1. The molecule has 3 rings (SSSR count). The van der Waals surface area contributed by atoms with E-state index in [-0.39, 0.29) is 11.8 Å². The van der Waals surface area contributed by atoms with Gasteiger partial charge in [-0.2, -0.15) is 0 Å². The van der Waals surface area contributed by atoms with E-state index in [2.05, 4.69) is 69.8 Å². The molecular formula is C21H20BrNOS. The summed E-state index contributed by atoms with van der Waals surface area (Å²) in [7, 11) is 0. The molecule has 1 heterocycles. The van der Waals surface area contributed by atoms with Gasteiger partial charge in [0.05, 0.1) is 8.66 Å². The minimum atomic E-state index is 0.190. The molecule has 1 aromatic heterocycles. The number of hydrogen-bond donors (Lipinski definition) is 1. The van der Waals surface area contributed by atoms with Gasteiger partial charge in [0, 0.05) is 19.0 Å². The highest BCUT2D eigenvalue weighted by atomic mass is 79.9. The van der Waals surface area contributed by atoms with Crippen molar-refractivity contribution in [3.05, 3.63) is 92.6 Å². The molecule has 2 nitrogen and oxygen atoms in total. The first-order valence-electron chi connectivity index (χ1n) is 8.33. The summed E-state index contributed by atoms with van der Waals surface area (Å²) in [5.74, 6) is 0.190. The predicted octanol–water partition coefficient (Wildman–Crippen LogP) is 5.66. The van der Waals surface area contributed by atoms with Gasteiger partial charge in [-0.1, -0.05) is 60.7 Å². The Morgan fingerprint density at radius 3 is 2.28 bits per heavy atom. The highest BCUT2D eigenvalue weighted by molar-refractivity contribution is 9.11. The Balaban J connectivity index is 1.62. The van der Waals surface area contributed by atoms with E-state index in [1.807, 2.05) is 24.3 Å². The van der Waals surface area contributed by atoms with E-state index < -0.39 is 0 Å². The molecule has 0 spiro atoms. The Morgan fingerprint density at radius 1 is 0.960 bits per heavy atom. The van der Waals surface area contributed by atoms with Crippen LogP contribution in [-0.4, -0.2) is 12.3 Å². The molecule has 25 heavy (non-hydrogen) atoms. The van der Waals surface area contributed by atoms with Gasteiger partial charge in [0.15, 0.2) is 5.78 Å². The average Bonchev–Trinajstić information content (AvgIpc) is 3.09. The Kier molecular flexibility index (Phi) is 6.56. The molecule has 0 bridgehead atoms. The number of benzene rings is 2. The predicted molar refractivity (Wildman–Crippen MR) is 108 cm³/mol. The molecule has 4 heteroatoms. The van der Waals surface area contributed by atoms with Crippen LogP contribution >= 0.6 is 27.3 Å². The minimum absolute atomic E-state index is 0.190. The quantitative estimate of drug-likeness (QED) is 0.482. The molecule has 0 fully saturated rings. The lowest BCUT2D eigenvalue weighted by Gasteiger charge is -2.19. The van der Waals surface area contributed by atoms with Crippen LogP contribution in [0.25, 0.3) is 0 Å².